The third kappa shape index (κ3) is 3.77. The van der Waals surface area contributed by atoms with Gasteiger partial charge in [-0.1, -0.05) is 18.2 Å². The number of pyridine rings is 1. The van der Waals surface area contributed by atoms with Gasteiger partial charge in [0.1, 0.15) is 5.75 Å². The number of aromatic nitrogens is 1. The van der Waals surface area contributed by atoms with Crippen LogP contribution in [-0.4, -0.2) is 18.6 Å². The van der Waals surface area contributed by atoms with Crippen molar-refractivity contribution in [1.82, 2.24) is 4.98 Å². The van der Waals surface area contributed by atoms with Gasteiger partial charge in [-0.3, -0.25) is 0 Å². The Kier molecular flexibility index (Phi) is 4.89. The normalized spacial score (nSPS) is 10.4. The molecule has 0 spiro atoms. The summed E-state index contributed by atoms with van der Waals surface area (Å²) < 4.78 is 10.9. The summed E-state index contributed by atoms with van der Waals surface area (Å²) >= 11 is 0. The van der Waals surface area contributed by atoms with Gasteiger partial charge in [0.15, 0.2) is 0 Å². The van der Waals surface area contributed by atoms with Crippen molar-refractivity contribution in [3.8, 4) is 11.6 Å². The van der Waals surface area contributed by atoms with Crippen LogP contribution in [0.5, 0.6) is 11.6 Å². The number of benzene rings is 1. The number of nitrogens with two attached hydrogens (primary N) is 1. The summed E-state index contributed by atoms with van der Waals surface area (Å²) in [6.07, 6.45) is 2.47. The number of methoxy groups -OCH3 is 1. The standard InChI is InChI=1S/C15H18N2O2/c1-18-11-12-4-2-6-14(10-12)19-15-13(7-8-16)5-3-9-17-15/h2-6,9-10H,7-8,11,16H2,1H3. The van der Waals surface area contributed by atoms with E-state index in [9.17, 15) is 0 Å². The fourth-order valence-electron chi connectivity index (χ4n) is 1.84. The van der Waals surface area contributed by atoms with E-state index in [1.54, 1.807) is 13.3 Å². The maximum absolute atomic E-state index is 5.83. The van der Waals surface area contributed by atoms with Gasteiger partial charge in [0.05, 0.1) is 6.61 Å². The molecule has 1 heterocycles. The molecule has 2 N–H and O–H groups in total. The van der Waals surface area contributed by atoms with Crippen LogP contribution in [0.1, 0.15) is 11.1 Å². The SMILES string of the molecule is COCc1cccc(Oc2ncccc2CCN)c1. The quantitative estimate of drug-likeness (QED) is 0.865. The highest BCUT2D eigenvalue weighted by Crippen LogP contribution is 2.24. The first-order valence-electron chi connectivity index (χ1n) is 6.23. The van der Waals surface area contributed by atoms with E-state index in [0.717, 1.165) is 23.3 Å². The molecule has 0 aliphatic carbocycles. The Morgan fingerprint density at radius 1 is 1.21 bits per heavy atom. The van der Waals surface area contributed by atoms with E-state index in [1.165, 1.54) is 0 Å². The predicted molar refractivity (Wildman–Crippen MR) is 74.2 cm³/mol. The molecule has 1 aromatic carbocycles. The van der Waals surface area contributed by atoms with Crippen molar-refractivity contribution in [3.05, 3.63) is 53.7 Å². The summed E-state index contributed by atoms with van der Waals surface area (Å²) in [4.78, 5) is 4.26. The van der Waals surface area contributed by atoms with Crippen molar-refractivity contribution in [2.45, 2.75) is 13.0 Å². The summed E-state index contributed by atoms with van der Waals surface area (Å²) in [5, 5.41) is 0. The van der Waals surface area contributed by atoms with Gasteiger partial charge >= 0.3 is 0 Å². The summed E-state index contributed by atoms with van der Waals surface area (Å²) in [7, 11) is 1.67. The van der Waals surface area contributed by atoms with Crippen molar-refractivity contribution in [1.29, 1.82) is 0 Å². The lowest BCUT2D eigenvalue weighted by atomic mass is 10.2. The minimum Gasteiger partial charge on any atom is -0.439 e. The molecular formula is C15H18N2O2. The van der Waals surface area contributed by atoms with E-state index in [1.807, 2.05) is 36.4 Å². The van der Waals surface area contributed by atoms with E-state index in [4.69, 9.17) is 15.2 Å². The number of hydrogen-bond donors (Lipinski definition) is 1. The van der Waals surface area contributed by atoms with Crippen molar-refractivity contribution in [2.75, 3.05) is 13.7 Å². The maximum Gasteiger partial charge on any atom is 0.222 e. The Morgan fingerprint density at radius 2 is 2.11 bits per heavy atom. The van der Waals surface area contributed by atoms with Gasteiger partial charge in [-0.15, -0.1) is 0 Å². The predicted octanol–water partition coefficient (Wildman–Crippen LogP) is 2.52. The lowest BCUT2D eigenvalue weighted by Crippen LogP contribution is -2.04. The second kappa shape index (κ2) is 6.87. The number of hydrogen-bond acceptors (Lipinski definition) is 4. The summed E-state index contributed by atoms with van der Waals surface area (Å²) in [6.45, 7) is 1.14. The van der Waals surface area contributed by atoms with E-state index in [0.29, 0.717) is 19.0 Å². The molecule has 0 atom stereocenters. The topological polar surface area (TPSA) is 57.4 Å². The van der Waals surface area contributed by atoms with Crippen LogP contribution < -0.4 is 10.5 Å². The zero-order valence-corrected chi connectivity index (χ0v) is 11.0. The molecule has 0 fully saturated rings. The molecule has 2 rings (SSSR count). The Hall–Kier alpha value is -1.91. The fourth-order valence-corrected chi connectivity index (χ4v) is 1.84. The smallest absolute Gasteiger partial charge is 0.222 e. The molecule has 2 aromatic rings. The van der Waals surface area contributed by atoms with E-state index < -0.39 is 0 Å². The van der Waals surface area contributed by atoms with Crippen molar-refractivity contribution >= 4 is 0 Å². The third-order valence-electron chi connectivity index (χ3n) is 2.69. The van der Waals surface area contributed by atoms with Crippen LogP contribution in [-0.2, 0) is 17.8 Å². The molecule has 4 heteroatoms. The zero-order valence-electron chi connectivity index (χ0n) is 11.0. The van der Waals surface area contributed by atoms with E-state index in [-0.39, 0.29) is 0 Å². The molecule has 100 valence electrons. The van der Waals surface area contributed by atoms with Gasteiger partial charge in [-0.2, -0.15) is 0 Å². The molecule has 1 aromatic heterocycles. The molecule has 0 aliphatic rings. The van der Waals surface area contributed by atoms with Crippen LogP contribution in [0.25, 0.3) is 0 Å². The van der Waals surface area contributed by atoms with Crippen molar-refractivity contribution < 1.29 is 9.47 Å². The van der Waals surface area contributed by atoms with Crippen LogP contribution in [0.3, 0.4) is 0 Å². The average molecular weight is 258 g/mol. The Labute approximate surface area is 113 Å². The number of nitrogens with zero attached hydrogens (tertiary/aromatic N) is 1. The summed E-state index contributed by atoms with van der Waals surface area (Å²) in [6, 6.07) is 11.7. The Bertz CT molecular complexity index is 529. The lowest BCUT2D eigenvalue weighted by Gasteiger charge is -2.10. The van der Waals surface area contributed by atoms with Gasteiger partial charge in [0, 0.05) is 18.9 Å². The third-order valence-corrected chi connectivity index (χ3v) is 2.69. The fraction of sp³-hybridized carbons (Fsp3) is 0.267. The van der Waals surface area contributed by atoms with E-state index in [2.05, 4.69) is 4.98 Å². The van der Waals surface area contributed by atoms with Gasteiger partial charge in [0.2, 0.25) is 5.88 Å². The highest BCUT2D eigenvalue weighted by Gasteiger charge is 2.05. The van der Waals surface area contributed by atoms with Crippen LogP contribution in [0.2, 0.25) is 0 Å². The summed E-state index contributed by atoms with van der Waals surface area (Å²) in [5.74, 6) is 1.37. The molecule has 0 unspecified atom stereocenters. The molecule has 4 nitrogen and oxygen atoms in total. The molecule has 0 aliphatic heterocycles. The molecule has 0 radical (unpaired) electrons. The Balaban J connectivity index is 2.18. The van der Waals surface area contributed by atoms with Crippen LogP contribution >= 0.6 is 0 Å². The van der Waals surface area contributed by atoms with Crippen LogP contribution in [0.4, 0.5) is 0 Å². The second-order valence-electron chi connectivity index (χ2n) is 4.19. The highest BCUT2D eigenvalue weighted by molar-refractivity contribution is 5.34. The largest absolute Gasteiger partial charge is 0.439 e. The zero-order chi connectivity index (χ0) is 13.5. The average Bonchev–Trinajstić information content (AvgIpc) is 2.42. The molecule has 19 heavy (non-hydrogen) atoms. The monoisotopic (exact) mass is 258 g/mol. The lowest BCUT2D eigenvalue weighted by molar-refractivity contribution is 0.184. The Morgan fingerprint density at radius 3 is 2.89 bits per heavy atom. The molecule has 0 saturated carbocycles. The number of ether oxygens (including phenoxy) is 2. The van der Waals surface area contributed by atoms with Crippen molar-refractivity contribution in [3.63, 3.8) is 0 Å². The van der Waals surface area contributed by atoms with Crippen molar-refractivity contribution in [2.24, 2.45) is 5.73 Å². The first-order valence-corrected chi connectivity index (χ1v) is 6.23. The van der Waals surface area contributed by atoms with Gasteiger partial charge in [-0.25, -0.2) is 4.98 Å². The van der Waals surface area contributed by atoms with Crippen LogP contribution in [0.15, 0.2) is 42.6 Å². The maximum atomic E-state index is 5.83. The minimum atomic E-state index is 0.565. The summed E-state index contributed by atoms with van der Waals surface area (Å²) in [5.41, 5.74) is 7.67. The molecule has 0 bridgehead atoms. The highest BCUT2D eigenvalue weighted by atomic mass is 16.5. The van der Waals surface area contributed by atoms with Gasteiger partial charge < -0.3 is 15.2 Å². The van der Waals surface area contributed by atoms with E-state index >= 15 is 0 Å². The molecular weight excluding hydrogens is 240 g/mol. The minimum absolute atomic E-state index is 0.565. The number of rotatable bonds is 6. The molecule has 0 saturated heterocycles. The van der Waals surface area contributed by atoms with Gasteiger partial charge in [0.25, 0.3) is 0 Å². The molecule has 0 amide bonds. The first kappa shape index (κ1) is 13.5. The second-order valence-corrected chi connectivity index (χ2v) is 4.19. The van der Waals surface area contributed by atoms with Crippen LogP contribution in [0, 0.1) is 0 Å². The first-order chi connectivity index (χ1) is 9.33. The van der Waals surface area contributed by atoms with Gasteiger partial charge in [-0.05, 0) is 36.7 Å².